The molecule has 0 fully saturated rings. The van der Waals surface area contributed by atoms with Crippen LogP contribution in [0.15, 0.2) is 30.4 Å². The normalized spacial score (nSPS) is 28.3. The zero-order valence-corrected chi connectivity index (χ0v) is 16.0. The average Bonchev–Trinajstić information content (AvgIpc) is 2.84. The van der Waals surface area contributed by atoms with Crippen molar-refractivity contribution in [1.82, 2.24) is 20.2 Å². The van der Waals surface area contributed by atoms with Crippen molar-refractivity contribution >= 4 is 11.9 Å². The Hall–Kier alpha value is -2.41. The van der Waals surface area contributed by atoms with Crippen molar-refractivity contribution in [3.05, 3.63) is 41.6 Å². The number of aromatic nitrogens is 2. The molecular weight excluding hydrogens is 342 g/mol. The summed E-state index contributed by atoms with van der Waals surface area (Å²) in [4.78, 5) is 26.1. The monoisotopic (exact) mass is 367 g/mol. The van der Waals surface area contributed by atoms with Gasteiger partial charge in [-0.3, -0.25) is 4.90 Å². The predicted octanol–water partition coefficient (Wildman–Crippen LogP) is 2.66. The molecule has 1 aromatic rings. The number of hydrogen-bond acceptors (Lipinski definition) is 6. The zero-order valence-electron chi connectivity index (χ0n) is 16.0. The molecule has 0 aromatic carbocycles. The molecule has 0 aliphatic carbocycles. The van der Waals surface area contributed by atoms with Crippen molar-refractivity contribution < 1.29 is 9.53 Å². The number of rotatable bonds is 0. The number of anilines is 1. The molecule has 7 nitrogen and oxygen atoms in total. The second-order valence-corrected chi connectivity index (χ2v) is 8.62. The minimum Gasteiger partial charge on any atom is -0.443 e. The summed E-state index contributed by atoms with van der Waals surface area (Å²) in [5, 5.41) is 3.63. The number of ether oxygens (including phenoxy) is 1. The maximum absolute atomic E-state index is 12.8. The van der Waals surface area contributed by atoms with Gasteiger partial charge in [-0.05, 0) is 39.7 Å². The van der Waals surface area contributed by atoms with Gasteiger partial charge in [0, 0.05) is 30.8 Å². The molecule has 3 atom stereocenters. The van der Waals surface area contributed by atoms with Crippen LogP contribution < -0.4 is 10.2 Å². The van der Waals surface area contributed by atoms with E-state index in [1.807, 2.05) is 33.0 Å². The first kappa shape index (κ1) is 16.7. The first-order valence-electron chi connectivity index (χ1n) is 9.70. The zero-order chi connectivity index (χ0) is 18.8. The first-order valence-corrected chi connectivity index (χ1v) is 9.70. The summed E-state index contributed by atoms with van der Waals surface area (Å²) in [6.07, 6.45) is 10.5. The van der Waals surface area contributed by atoms with Crippen LogP contribution in [0.3, 0.4) is 0 Å². The summed E-state index contributed by atoms with van der Waals surface area (Å²) >= 11 is 0. The van der Waals surface area contributed by atoms with Crippen molar-refractivity contribution in [2.75, 3.05) is 11.4 Å². The smallest absolute Gasteiger partial charge is 0.415 e. The van der Waals surface area contributed by atoms with Gasteiger partial charge < -0.3 is 15.0 Å². The quantitative estimate of drug-likeness (QED) is 0.760. The number of nitrogens with one attached hydrogen (secondary N) is 1. The van der Waals surface area contributed by atoms with E-state index in [-0.39, 0.29) is 24.2 Å². The van der Waals surface area contributed by atoms with Crippen LogP contribution in [0.25, 0.3) is 0 Å². The van der Waals surface area contributed by atoms with Crippen molar-refractivity contribution in [3.8, 4) is 0 Å². The van der Waals surface area contributed by atoms with Crippen molar-refractivity contribution in [2.24, 2.45) is 0 Å². The largest absolute Gasteiger partial charge is 0.443 e. The van der Waals surface area contributed by atoms with Crippen LogP contribution in [-0.4, -0.2) is 45.2 Å². The third kappa shape index (κ3) is 2.64. The molecule has 1 amide bonds. The molecule has 0 saturated heterocycles. The molecule has 2 bridgehead atoms. The SMILES string of the molecule is CC(C)(C)OC(=O)N1C2=CN3c4ncnc5c4C(CCC3C1C=C2)NCC5. The molecule has 27 heavy (non-hydrogen) atoms. The molecule has 142 valence electrons. The van der Waals surface area contributed by atoms with Gasteiger partial charge in [0.2, 0.25) is 0 Å². The van der Waals surface area contributed by atoms with Gasteiger partial charge in [0.1, 0.15) is 17.7 Å². The van der Waals surface area contributed by atoms with E-state index in [0.717, 1.165) is 43.0 Å². The van der Waals surface area contributed by atoms with Crippen LogP contribution in [0.2, 0.25) is 0 Å². The molecule has 4 aliphatic rings. The number of nitrogens with zero attached hydrogens (tertiary/aromatic N) is 4. The maximum atomic E-state index is 12.8. The molecule has 7 heteroatoms. The Balaban J connectivity index is 1.55. The Morgan fingerprint density at radius 3 is 2.96 bits per heavy atom. The summed E-state index contributed by atoms with van der Waals surface area (Å²) in [5.74, 6) is 0.981. The summed E-state index contributed by atoms with van der Waals surface area (Å²) in [6.45, 7) is 6.65. The van der Waals surface area contributed by atoms with Crippen LogP contribution in [-0.2, 0) is 11.2 Å². The Morgan fingerprint density at radius 2 is 2.15 bits per heavy atom. The number of amides is 1. The van der Waals surface area contributed by atoms with E-state index >= 15 is 0 Å². The Bertz CT molecular complexity index is 856. The fourth-order valence-corrected chi connectivity index (χ4v) is 4.64. The molecule has 3 unspecified atom stereocenters. The standard InChI is InChI=1S/C20H25N5O2/c1-20(2,3)27-19(26)25-12-4-6-16(25)15-7-5-13-17-14(8-9-21-13)22-11-23-18(17)24(15)10-12/h4,6,10-11,13,15-16,21H,5,7-9H2,1-3H3. The fraction of sp³-hybridized carbons (Fsp3) is 0.550. The first-order chi connectivity index (χ1) is 12.9. The van der Waals surface area contributed by atoms with Crippen molar-refractivity contribution in [2.45, 2.75) is 63.8 Å². The molecule has 5 rings (SSSR count). The predicted molar refractivity (Wildman–Crippen MR) is 101 cm³/mol. The van der Waals surface area contributed by atoms with E-state index in [0.29, 0.717) is 0 Å². The van der Waals surface area contributed by atoms with E-state index in [2.05, 4.69) is 26.3 Å². The van der Waals surface area contributed by atoms with Crippen LogP contribution in [0, 0.1) is 0 Å². The Morgan fingerprint density at radius 1 is 1.30 bits per heavy atom. The number of allylic oxidation sites excluding steroid dienone is 1. The summed E-state index contributed by atoms with van der Waals surface area (Å²) in [7, 11) is 0. The average molecular weight is 367 g/mol. The number of fused-ring (bicyclic) bond motifs is 5. The van der Waals surface area contributed by atoms with E-state index in [4.69, 9.17) is 4.74 Å². The summed E-state index contributed by atoms with van der Waals surface area (Å²) < 4.78 is 5.66. The second kappa shape index (κ2) is 5.79. The lowest BCUT2D eigenvalue weighted by Gasteiger charge is -2.42. The third-order valence-corrected chi connectivity index (χ3v) is 5.70. The van der Waals surface area contributed by atoms with E-state index < -0.39 is 5.60 Å². The summed E-state index contributed by atoms with van der Waals surface area (Å²) in [5.41, 5.74) is 2.73. The highest BCUT2D eigenvalue weighted by Gasteiger charge is 2.46. The van der Waals surface area contributed by atoms with Crippen LogP contribution in [0.5, 0.6) is 0 Å². The topological polar surface area (TPSA) is 70.6 Å². The van der Waals surface area contributed by atoms with Crippen LogP contribution in [0.1, 0.15) is 50.9 Å². The van der Waals surface area contributed by atoms with Crippen molar-refractivity contribution in [1.29, 1.82) is 0 Å². The van der Waals surface area contributed by atoms with Crippen molar-refractivity contribution in [3.63, 3.8) is 0 Å². The van der Waals surface area contributed by atoms with E-state index in [9.17, 15) is 4.79 Å². The van der Waals surface area contributed by atoms with Gasteiger partial charge in [-0.1, -0.05) is 6.08 Å². The van der Waals surface area contributed by atoms with Gasteiger partial charge in [0.25, 0.3) is 0 Å². The van der Waals surface area contributed by atoms with Gasteiger partial charge in [-0.25, -0.2) is 14.8 Å². The van der Waals surface area contributed by atoms with E-state index in [1.54, 1.807) is 11.2 Å². The molecule has 1 aromatic heterocycles. The molecule has 0 radical (unpaired) electrons. The molecule has 5 heterocycles. The molecule has 0 spiro atoms. The number of hydrogen-bond donors (Lipinski definition) is 1. The lowest BCUT2D eigenvalue weighted by Crippen LogP contribution is -2.53. The Labute approximate surface area is 159 Å². The molecule has 1 N–H and O–H groups in total. The van der Waals surface area contributed by atoms with E-state index in [1.165, 1.54) is 5.56 Å². The van der Waals surface area contributed by atoms with Crippen LogP contribution in [0.4, 0.5) is 10.6 Å². The minimum atomic E-state index is -0.514. The third-order valence-electron chi connectivity index (χ3n) is 5.70. The second-order valence-electron chi connectivity index (χ2n) is 8.62. The van der Waals surface area contributed by atoms with Gasteiger partial charge in [-0.15, -0.1) is 0 Å². The van der Waals surface area contributed by atoms with Gasteiger partial charge >= 0.3 is 6.09 Å². The lowest BCUT2D eigenvalue weighted by molar-refractivity contribution is 0.0263. The minimum absolute atomic E-state index is 0.0365. The summed E-state index contributed by atoms with van der Waals surface area (Å²) in [6, 6.07) is 0.392. The maximum Gasteiger partial charge on any atom is 0.415 e. The number of carbonyl (C=O) groups excluding carboxylic acids is 1. The highest BCUT2D eigenvalue weighted by Crippen LogP contribution is 2.43. The molecule has 4 aliphatic heterocycles. The molecular formula is C20H25N5O2. The Kier molecular flexibility index (Phi) is 3.59. The fourth-order valence-electron chi connectivity index (χ4n) is 4.64. The molecule has 0 saturated carbocycles. The van der Waals surface area contributed by atoms with Gasteiger partial charge in [0.05, 0.1) is 23.5 Å². The highest BCUT2D eigenvalue weighted by molar-refractivity contribution is 5.75. The van der Waals surface area contributed by atoms with Gasteiger partial charge in [-0.2, -0.15) is 0 Å². The number of carbonyl (C=O) groups is 1. The van der Waals surface area contributed by atoms with Crippen LogP contribution >= 0.6 is 0 Å². The highest BCUT2D eigenvalue weighted by atomic mass is 16.6. The van der Waals surface area contributed by atoms with Gasteiger partial charge in [0.15, 0.2) is 0 Å². The lowest BCUT2D eigenvalue weighted by atomic mass is 9.95.